The maximum absolute atomic E-state index is 10.8. The van der Waals surface area contributed by atoms with Crippen molar-refractivity contribution in [2.45, 2.75) is 19.4 Å². The van der Waals surface area contributed by atoms with Crippen molar-refractivity contribution in [3.05, 3.63) is 28.3 Å². The molecule has 1 aromatic carbocycles. The predicted molar refractivity (Wildman–Crippen MR) is 62.3 cm³/mol. The normalized spacial score (nSPS) is 11.2. The minimum atomic E-state index is -0.640. The summed E-state index contributed by atoms with van der Waals surface area (Å²) in [4.78, 5) is 10.3. The summed E-state index contributed by atoms with van der Waals surface area (Å²) in [5.74, 6) is 0. The second kappa shape index (κ2) is 4.36. The van der Waals surface area contributed by atoms with Crippen LogP contribution in [0.5, 0.6) is 0 Å². The number of hydrogen-bond donors (Lipinski definition) is 3. The molecule has 0 heterocycles. The van der Waals surface area contributed by atoms with Gasteiger partial charge in [0.1, 0.15) is 11.4 Å². The summed E-state index contributed by atoms with van der Waals surface area (Å²) in [7, 11) is 0. The largest absolute Gasteiger partial charge is 0.394 e. The van der Waals surface area contributed by atoms with Gasteiger partial charge in [0.15, 0.2) is 0 Å². The Labute approximate surface area is 93.2 Å². The standard InChI is InChI=1S/C10H15N3O3/c1-10(2,6-14)12-8-5-3-4-7(11)9(8)13(15)16/h3-5,12,14H,6,11H2,1-2H3. The second-order valence-corrected chi connectivity index (χ2v) is 4.17. The first-order valence-corrected chi connectivity index (χ1v) is 4.79. The second-order valence-electron chi connectivity index (χ2n) is 4.17. The molecule has 0 amide bonds. The molecule has 0 aliphatic rings. The van der Waals surface area contributed by atoms with Crippen molar-refractivity contribution in [1.82, 2.24) is 0 Å². The molecule has 0 aliphatic carbocycles. The maximum Gasteiger partial charge on any atom is 0.314 e. The Morgan fingerprint density at radius 2 is 2.19 bits per heavy atom. The highest BCUT2D eigenvalue weighted by atomic mass is 16.6. The first kappa shape index (κ1) is 12.3. The SMILES string of the molecule is CC(C)(CO)Nc1cccc(N)c1[N+](=O)[O-]. The van der Waals surface area contributed by atoms with Crippen LogP contribution in [0.3, 0.4) is 0 Å². The summed E-state index contributed by atoms with van der Waals surface area (Å²) in [6.45, 7) is 3.33. The van der Waals surface area contributed by atoms with E-state index in [1.54, 1.807) is 26.0 Å². The van der Waals surface area contributed by atoms with Crippen molar-refractivity contribution in [2.24, 2.45) is 0 Å². The fraction of sp³-hybridized carbons (Fsp3) is 0.400. The molecule has 16 heavy (non-hydrogen) atoms. The van der Waals surface area contributed by atoms with Gasteiger partial charge in [-0.2, -0.15) is 0 Å². The fourth-order valence-electron chi connectivity index (χ4n) is 1.27. The van der Waals surface area contributed by atoms with Crippen LogP contribution in [0.1, 0.15) is 13.8 Å². The molecule has 0 radical (unpaired) electrons. The molecule has 1 aromatic rings. The molecule has 0 aliphatic heterocycles. The zero-order valence-electron chi connectivity index (χ0n) is 9.23. The number of hydrogen-bond acceptors (Lipinski definition) is 5. The van der Waals surface area contributed by atoms with E-state index in [9.17, 15) is 10.1 Å². The number of rotatable bonds is 4. The summed E-state index contributed by atoms with van der Waals surface area (Å²) >= 11 is 0. The molecular weight excluding hydrogens is 210 g/mol. The van der Waals surface area contributed by atoms with Crippen molar-refractivity contribution in [3.63, 3.8) is 0 Å². The Hall–Kier alpha value is -1.82. The van der Waals surface area contributed by atoms with Gasteiger partial charge in [0.05, 0.1) is 17.1 Å². The van der Waals surface area contributed by atoms with Crippen molar-refractivity contribution in [2.75, 3.05) is 17.7 Å². The van der Waals surface area contributed by atoms with Crippen LogP contribution < -0.4 is 11.1 Å². The highest BCUT2D eigenvalue weighted by molar-refractivity contribution is 5.74. The van der Waals surface area contributed by atoms with E-state index in [0.717, 1.165) is 0 Å². The van der Waals surface area contributed by atoms with E-state index in [1.165, 1.54) is 6.07 Å². The van der Waals surface area contributed by atoms with E-state index in [4.69, 9.17) is 10.8 Å². The minimum absolute atomic E-state index is 0.101. The van der Waals surface area contributed by atoms with Gasteiger partial charge in [-0.25, -0.2) is 0 Å². The van der Waals surface area contributed by atoms with Crippen molar-refractivity contribution < 1.29 is 10.0 Å². The van der Waals surface area contributed by atoms with Crippen molar-refractivity contribution in [1.29, 1.82) is 0 Å². The average molecular weight is 225 g/mol. The van der Waals surface area contributed by atoms with Gasteiger partial charge < -0.3 is 16.2 Å². The van der Waals surface area contributed by atoms with E-state index >= 15 is 0 Å². The summed E-state index contributed by atoms with van der Waals surface area (Å²) in [5.41, 5.74) is 5.15. The van der Waals surface area contributed by atoms with Crippen LogP contribution >= 0.6 is 0 Å². The zero-order chi connectivity index (χ0) is 12.3. The third-order valence-corrected chi connectivity index (χ3v) is 2.12. The molecule has 6 heteroatoms. The van der Waals surface area contributed by atoms with Crippen LogP contribution in [-0.2, 0) is 0 Å². The molecule has 88 valence electrons. The molecule has 0 unspecified atom stereocenters. The van der Waals surface area contributed by atoms with Crippen LogP contribution in [0.4, 0.5) is 17.1 Å². The lowest BCUT2D eigenvalue weighted by Crippen LogP contribution is -2.35. The van der Waals surface area contributed by atoms with Crippen molar-refractivity contribution >= 4 is 17.1 Å². The molecule has 0 saturated heterocycles. The lowest BCUT2D eigenvalue weighted by atomic mass is 10.1. The molecule has 0 bridgehead atoms. The number of benzene rings is 1. The Balaban J connectivity index is 3.14. The number of nitro benzene ring substituents is 1. The Bertz CT molecular complexity index is 404. The smallest absolute Gasteiger partial charge is 0.314 e. The number of anilines is 2. The van der Waals surface area contributed by atoms with Crippen LogP contribution in [-0.4, -0.2) is 22.2 Å². The van der Waals surface area contributed by atoms with Gasteiger partial charge in [-0.3, -0.25) is 10.1 Å². The van der Waals surface area contributed by atoms with E-state index in [1.807, 2.05) is 0 Å². The monoisotopic (exact) mass is 225 g/mol. The lowest BCUT2D eigenvalue weighted by molar-refractivity contribution is -0.383. The third kappa shape index (κ3) is 2.60. The first-order valence-electron chi connectivity index (χ1n) is 4.79. The number of nitrogens with zero attached hydrogens (tertiary/aromatic N) is 1. The van der Waals surface area contributed by atoms with E-state index in [-0.39, 0.29) is 18.0 Å². The van der Waals surface area contributed by atoms with E-state index < -0.39 is 10.5 Å². The molecule has 4 N–H and O–H groups in total. The third-order valence-electron chi connectivity index (χ3n) is 2.12. The highest BCUT2D eigenvalue weighted by Gasteiger charge is 2.23. The topological polar surface area (TPSA) is 101 Å². The minimum Gasteiger partial charge on any atom is -0.394 e. The molecular formula is C10H15N3O3. The quantitative estimate of drug-likeness (QED) is 0.408. The number of para-hydroxylation sites is 1. The molecule has 0 fully saturated rings. The molecule has 0 atom stereocenters. The van der Waals surface area contributed by atoms with Crippen LogP contribution in [0, 0.1) is 10.1 Å². The van der Waals surface area contributed by atoms with Gasteiger partial charge in [0, 0.05) is 0 Å². The Morgan fingerprint density at radius 1 is 1.56 bits per heavy atom. The average Bonchev–Trinajstić information content (AvgIpc) is 2.16. The number of aliphatic hydroxyl groups is 1. The molecule has 0 aromatic heterocycles. The fourth-order valence-corrected chi connectivity index (χ4v) is 1.27. The van der Waals surface area contributed by atoms with E-state index in [0.29, 0.717) is 5.69 Å². The van der Waals surface area contributed by atoms with Gasteiger partial charge >= 0.3 is 5.69 Å². The van der Waals surface area contributed by atoms with Gasteiger partial charge in [0.2, 0.25) is 0 Å². The number of nitrogens with one attached hydrogen (secondary N) is 1. The summed E-state index contributed by atoms with van der Waals surface area (Å²) in [6, 6.07) is 4.65. The van der Waals surface area contributed by atoms with Crippen LogP contribution in [0.15, 0.2) is 18.2 Å². The summed E-state index contributed by atoms with van der Waals surface area (Å²) in [6.07, 6.45) is 0. The summed E-state index contributed by atoms with van der Waals surface area (Å²) < 4.78 is 0. The van der Waals surface area contributed by atoms with Crippen LogP contribution in [0.25, 0.3) is 0 Å². The van der Waals surface area contributed by atoms with Gasteiger partial charge in [0.25, 0.3) is 0 Å². The number of nitro groups is 1. The van der Waals surface area contributed by atoms with Gasteiger partial charge in [-0.15, -0.1) is 0 Å². The number of aliphatic hydroxyl groups excluding tert-OH is 1. The predicted octanol–water partition coefficient (Wildman–Crippen LogP) is 1.36. The first-order chi connectivity index (χ1) is 7.37. The lowest BCUT2D eigenvalue weighted by Gasteiger charge is -2.24. The summed E-state index contributed by atoms with van der Waals surface area (Å²) in [5, 5.41) is 22.8. The Kier molecular flexibility index (Phi) is 3.34. The van der Waals surface area contributed by atoms with Gasteiger partial charge in [-0.05, 0) is 26.0 Å². The number of nitrogens with two attached hydrogens (primary N) is 1. The molecule has 6 nitrogen and oxygen atoms in total. The zero-order valence-corrected chi connectivity index (χ0v) is 9.23. The van der Waals surface area contributed by atoms with Crippen molar-refractivity contribution in [3.8, 4) is 0 Å². The molecule has 0 saturated carbocycles. The maximum atomic E-state index is 10.8. The Morgan fingerprint density at radius 3 is 2.69 bits per heavy atom. The number of nitrogen functional groups attached to an aromatic ring is 1. The van der Waals surface area contributed by atoms with Crippen LogP contribution in [0.2, 0.25) is 0 Å². The molecule has 1 rings (SSSR count). The molecule has 0 spiro atoms. The van der Waals surface area contributed by atoms with E-state index in [2.05, 4.69) is 5.32 Å². The van der Waals surface area contributed by atoms with Gasteiger partial charge in [-0.1, -0.05) is 6.07 Å². The highest BCUT2D eigenvalue weighted by Crippen LogP contribution is 2.32.